The molecule has 0 spiro atoms. The number of benzene rings is 1. The number of rotatable bonds is 4. The zero-order chi connectivity index (χ0) is 27.7. The van der Waals surface area contributed by atoms with Crippen molar-refractivity contribution >= 4 is 17.4 Å². The van der Waals surface area contributed by atoms with Crippen molar-refractivity contribution in [3.8, 4) is 5.75 Å². The summed E-state index contributed by atoms with van der Waals surface area (Å²) in [5, 5.41) is 15.8. The average Bonchev–Trinajstić information content (AvgIpc) is 2.96. The molecule has 0 amide bonds. The van der Waals surface area contributed by atoms with E-state index < -0.39 is 58.7 Å². The van der Waals surface area contributed by atoms with Gasteiger partial charge in [0.2, 0.25) is 34.8 Å². The van der Waals surface area contributed by atoms with Gasteiger partial charge in [0.1, 0.15) is 0 Å². The van der Waals surface area contributed by atoms with Crippen molar-refractivity contribution in [2.24, 2.45) is 16.9 Å². The van der Waals surface area contributed by atoms with E-state index in [1.54, 1.807) is 48.8 Å². The number of aromatic nitrogens is 2. The normalized spacial score (nSPS) is 21.3. The molecule has 1 fully saturated rings. The SMILES string of the molecule is O=C(Oc1c(F)c(F)c(F)c(F)c1F)[C@H]1CCC2C(c3ccccn3)=NNC(c3ccccn3)=C2[C@H](O)CC1. The molecule has 1 aliphatic carbocycles. The van der Waals surface area contributed by atoms with Gasteiger partial charge in [0.05, 0.1) is 34.8 Å². The van der Waals surface area contributed by atoms with Crippen LogP contribution in [-0.4, -0.2) is 32.9 Å². The van der Waals surface area contributed by atoms with Crippen LogP contribution >= 0.6 is 0 Å². The van der Waals surface area contributed by atoms with Crippen molar-refractivity contribution in [2.75, 3.05) is 0 Å². The number of carbonyl (C=O) groups excluding carboxylic acids is 1. The summed E-state index contributed by atoms with van der Waals surface area (Å²) in [6, 6.07) is 10.5. The van der Waals surface area contributed by atoms with Crippen LogP contribution in [0.5, 0.6) is 5.75 Å². The minimum Gasteiger partial charge on any atom is -0.420 e. The van der Waals surface area contributed by atoms with E-state index in [2.05, 4.69) is 20.5 Å². The Bertz CT molecular complexity index is 1440. The molecule has 3 heterocycles. The van der Waals surface area contributed by atoms with Crippen molar-refractivity contribution in [3.63, 3.8) is 0 Å². The fraction of sp³-hybridized carbons (Fsp3) is 0.259. The van der Waals surface area contributed by atoms with E-state index in [1.165, 1.54) is 0 Å². The Hall–Kier alpha value is -4.19. The molecule has 2 N–H and O–H groups in total. The summed E-state index contributed by atoms with van der Waals surface area (Å²) in [4.78, 5) is 21.6. The number of aliphatic hydroxyl groups is 1. The molecule has 0 saturated heterocycles. The van der Waals surface area contributed by atoms with Crippen LogP contribution in [0.2, 0.25) is 0 Å². The second-order valence-electron chi connectivity index (χ2n) is 9.11. The number of esters is 1. The van der Waals surface area contributed by atoms with Crippen molar-refractivity contribution in [2.45, 2.75) is 31.8 Å². The minimum atomic E-state index is -2.35. The predicted octanol–water partition coefficient (Wildman–Crippen LogP) is 4.66. The van der Waals surface area contributed by atoms with E-state index in [0.29, 0.717) is 28.4 Å². The van der Waals surface area contributed by atoms with E-state index in [9.17, 15) is 31.9 Å². The van der Waals surface area contributed by atoms with Gasteiger partial charge in [-0.05, 0) is 55.5 Å². The summed E-state index contributed by atoms with van der Waals surface area (Å²) in [6.45, 7) is 0. The summed E-state index contributed by atoms with van der Waals surface area (Å²) in [5.74, 6) is -15.6. The number of pyridine rings is 2. The number of halogens is 5. The van der Waals surface area contributed by atoms with Crippen LogP contribution in [-0.2, 0) is 4.79 Å². The molecule has 202 valence electrons. The topological polar surface area (TPSA) is 96.7 Å². The third kappa shape index (κ3) is 4.99. The highest BCUT2D eigenvalue weighted by Crippen LogP contribution is 2.39. The van der Waals surface area contributed by atoms with Crippen LogP contribution in [0.4, 0.5) is 22.0 Å². The molecule has 3 aromatic rings. The highest BCUT2D eigenvalue weighted by Gasteiger charge is 2.38. The van der Waals surface area contributed by atoms with Gasteiger partial charge >= 0.3 is 5.97 Å². The third-order valence-electron chi connectivity index (χ3n) is 6.79. The van der Waals surface area contributed by atoms with Gasteiger partial charge in [-0.3, -0.25) is 20.2 Å². The summed E-state index contributed by atoms with van der Waals surface area (Å²) < 4.78 is 73.6. The molecule has 5 rings (SSSR count). The molecule has 1 aromatic carbocycles. The predicted molar refractivity (Wildman–Crippen MR) is 128 cm³/mol. The lowest BCUT2D eigenvalue weighted by Gasteiger charge is -2.34. The number of carbonyl (C=O) groups is 1. The molecule has 3 atom stereocenters. The monoisotopic (exact) mass is 544 g/mol. The maximum atomic E-state index is 14.1. The number of nitrogens with one attached hydrogen (secondary N) is 1. The Kier molecular flexibility index (Phi) is 7.38. The van der Waals surface area contributed by atoms with Crippen molar-refractivity contribution < 1.29 is 36.6 Å². The second-order valence-corrected chi connectivity index (χ2v) is 9.11. The highest BCUT2D eigenvalue weighted by molar-refractivity contribution is 6.04. The van der Waals surface area contributed by atoms with Crippen LogP contribution in [0.15, 0.2) is 59.5 Å². The van der Waals surface area contributed by atoms with Crippen LogP contribution in [0, 0.1) is 40.9 Å². The maximum absolute atomic E-state index is 14.1. The maximum Gasteiger partial charge on any atom is 0.314 e. The first-order chi connectivity index (χ1) is 18.8. The number of aliphatic hydroxyl groups excluding tert-OH is 1. The van der Waals surface area contributed by atoms with Gasteiger partial charge in [0, 0.05) is 18.3 Å². The number of ether oxygens (including phenoxy) is 1. The van der Waals surface area contributed by atoms with E-state index in [4.69, 9.17) is 4.74 Å². The Balaban J connectivity index is 1.47. The number of hydrogen-bond donors (Lipinski definition) is 2. The van der Waals surface area contributed by atoms with Gasteiger partial charge in [0.25, 0.3) is 0 Å². The molecular formula is C27H21F5N4O3. The third-order valence-corrected chi connectivity index (χ3v) is 6.79. The molecule has 2 aromatic heterocycles. The molecule has 2 aliphatic rings. The fourth-order valence-electron chi connectivity index (χ4n) is 4.86. The van der Waals surface area contributed by atoms with Gasteiger partial charge < -0.3 is 9.84 Å². The fourth-order valence-corrected chi connectivity index (χ4v) is 4.86. The second kappa shape index (κ2) is 10.9. The molecular weight excluding hydrogens is 523 g/mol. The van der Waals surface area contributed by atoms with Crippen LogP contribution < -0.4 is 10.2 Å². The van der Waals surface area contributed by atoms with E-state index >= 15 is 0 Å². The van der Waals surface area contributed by atoms with Crippen LogP contribution in [0.3, 0.4) is 0 Å². The molecule has 7 nitrogen and oxygen atoms in total. The van der Waals surface area contributed by atoms with Crippen LogP contribution in [0.25, 0.3) is 5.70 Å². The molecule has 12 heteroatoms. The summed E-state index contributed by atoms with van der Waals surface area (Å²) in [5.41, 5.74) is 5.66. The average molecular weight is 544 g/mol. The smallest absolute Gasteiger partial charge is 0.314 e. The van der Waals surface area contributed by atoms with E-state index in [0.717, 1.165) is 0 Å². The van der Waals surface area contributed by atoms with Crippen molar-refractivity contribution in [3.05, 3.63) is 94.8 Å². The van der Waals surface area contributed by atoms with Gasteiger partial charge in [-0.15, -0.1) is 0 Å². The zero-order valence-corrected chi connectivity index (χ0v) is 20.2. The first-order valence-electron chi connectivity index (χ1n) is 12.1. The summed E-state index contributed by atoms with van der Waals surface area (Å²) in [7, 11) is 0. The lowest BCUT2D eigenvalue weighted by atomic mass is 9.76. The molecule has 39 heavy (non-hydrogen) atoms. The Morgan fingerprint density at radius 3 is 2.03 bits per heavy atom. The number of nitrogens with zero attached hydrogens (tertiary/aromatic N) is 3. The Labute approximate surface area is 219 Å². The Morgan fingerprint density at radius 1 is 0.821 bits per heavy atom. The van der Waals surface area contributed by atoms with E-state index in [-0.39, 0.29) is 25.7 Å². The van der Waals surface area contributed by atoms with Gasteiger partial charge in [-0.1, -0.05) is 12.1 Å². The first kappa shape index (κ1) is 26.4. The molecule has 1 aliphatic heterocycles. The van der Waals surface area contributed by atoms with Gasteiger partial charge in [0.15, 0.2) is 0 Å². The number of hydrazone groups is 1. The number of hydrogen-bond acceptors (Lipinski definition) is 7. The van der Waals surface area contributed by atoms with Crippen LogP contribution in [0.1, 0.15) is 37.1 Å². The molecule has 0 bridgehead atoms. The lowest BCUT2D eigenvalue weighted by Crippen LogP contribution is -2.37. The largest absolute Gasteiger partial charge is 0.420 e. The van der Waals surface area contributed by atoms with Gasteiger partial charge in [-0.2, -0.15) is 13.9 Å². The minimum absolute atomic E-state index is 0.0250. The van der Waals surface area contributed by atoms with E-state index in [1.807, 2.05) is 0 Å². The van der Waals surface area contributed by atoms with Crippen molar-refractivity contribution in [1.29, 1.82) is 0 Å². The molecule has 1 saturated carbocycles. The number of fused-ring (bicyclic) bond motifs is 1. The Morgan fingerprint density at radius 2 is 1.41 bits per heavy atom. The standard InChI is InChI=1S/C27H21F5N4O3/c28-19-20(29)22(31)26(23(32)21(19)30)39-27(38)13-7-9-14-18(17(37)10-8-13)25(16-6-2-4-12-34-16)36-35-24(14)15-5-1-3-11-33-15/h1-6,11-14,17,36-37H,7-10H2/t13-,14?,17+/m0/s1. The summed E-state index contributed by atoms with van der Waals surface area (Å²) in [6.07, 6.45) is 2.50. The molecule has 1 unspecified atom stereocenters. The zero-order valence-electron chi connectivity index (χ0n) is 20.2. The quantitative estimate of drug-likeness (QED) is 0.163. The lowest BCUT2D eigenvalue weighted by molar-refractivity contribution is -0.140. The van der Waals surface area contributed by atoms with Gasteiger partial charge in [-0.25, -0.2) is 13.2 Å². The highest BCUT2D eigenvalue weighted by atomic mass is 19.2. The summed E-state index contributed by atoms with van der Waals surface area (Å²) >= 11 is 0. The molecule has 0 radical (unpaired) electrons. The first-order valence-corrected chi connectivity index (χ1v) is 12.1. The van der Waals surface area contributed by atoms with Crippen molar-refractivity contribution in [1.82, 2.24) is 15.4 Å².